The number of benzene rings is 1. The first-order valence-electron chi connectivity index (χ1n) is 7.19. The van der Waals surface area contributed by atoms with Gasteiger partial charge in [-0.2, -0.15) is 5.10 Å². The third-order valence-electron chi connectivity index (χ3n) is 4.34. The summed E-state index contributed by atoms with van der Waals surface area (Å²) in [5.74, 6) is 0.332. The van der Waals surface area contributed by atoms with Gasteiger partial charge in [0, 0.05) is 5.39 Å². The largest absolute Gasteiger partial charge is 0.394 e. The number of nitrogens with two attached hydrogens (primary N) is 1. The fourth-order valence-electron chi connectivity index (χ4n) is 3.19. The topological polar surface area (TPSA) is 130 Å². The van der Waals surface area contributed by atoms with Crippen LogP contribution in [0, 0.1) is 0 Å². The highest BCUT2D eigenvalue weighted by Crippen LogP contribution is 2.41. The van der Waals surface area contributed by atoms with Crippen LogP contribution in [0.3, 0.4) is 0 Å². The summed E-state index contributed by atoms with van der Waals surface area (Å²) in [7, 11) is 0. The summed E-state index contributed by atoms with van der Waals surface area (Å²) in [5.41, 5.74) is 6.98. The van der Waals surface area contributed by atoms with Gasteiger partial charge in [-0.25, -0.2) is 0 Å². The van der Waals surface area contributed by atoms with Crippen molar-refractivity contribution in [3.8, 4) is 0 Å². The maximum Gasteiger partial charge on any atom is 0.167 e. The minimum absolute atomic E-state index is 0.319. The van der Waals surface area contributed by atoms with E-state index in [1.54, 1.807) is 16.7 Å². The van der Waals surface area contributed by atoms with Crippen LogP contribution in [-0.4, -0.2) is 55.0 Å². The van der Waals surface area contributed by atoms with Crippen molar-refractivity contribution >= 4 is 51.0 Å². The molecule has 8 nitrogen and oxygen atoms in total. The maximum atomic E-state index is 10.3. The molecule has 0 radical (unpaired) electrons. The monoisotopic (exact) mass is 372 g/mol. The number of aliphatic hydroxyl groups excluding tert-OH is 3. The Morgan fingerprint density at radius 3 is 2.62 bits per heavy atom. The van der Waals surface area contributed by atoms with Crippen LogP contribution in [0.4, 0.5) is 5.82 Å². The minimum Gasteiger partial charge on any atom is -0.394 e. The zero-order valence-corrected chi connectivity index (χ0v) is 13.7. The van der Waals surface area contributed by atoms with Gasteiger partial charge in [0.2, 0.25) is 0 Å². The minimum atomic E-state index is -1.26. The van der Waals surface area contributed by atoms with E-state index in [-0.39, 0.29) is 0 Å². The summed E-state index contributed by atoms with van der Waals surface area (Å²) in [5, 5.41) is 38.5. The Bertz CT molecular complexity index is 940. The summed E-state index contributed by atoms with van der Waals surface area (Å²) in [6, 6.07) is 3.28. The number of H-pyrrole nitrogens is 1. The van der Waals surface area contributed by atoms with Gasteiger partial charge in [-0.15, -0.1) is 0 Å². The van der Waals surface area contributed by atoms with E-state index in [0.29, 0.717) is 37.8 Å². The fraction of sp³-hybridized carbons (Fsp3) is 0.357. The van der Waals surface area contributed by atoms with Gasteiger partial charge in [0.25, 0.3) is 0 Å². The Hall–Kier alpha value is -1.55. The lowest BCUT2D eigenvalue weighted by Crippen LogP contribution is -2.33. The summed E-state index contributed by atoms with van der Waals surface area (Å²) in [6.07, 6.45) is -4.35. The van der Waals surface area contributed by atoms with Gasteiger partial charge in [-0.3, -0.25) is 9.67 Å². The molecule has 24 heavy (non-hydrogen) atoms. The Labute approximate surface area is 145 Å². The van der Waals surface area contributed by atoms with Gasteiger partial charge in [-0.1, -0.05) is 23.2 Å². The number of fused-ring (bicyclic) bond motifs is 3. The van der Waals surface area contributed by atoms with E-state index in [9.17, 15) is 15.3 Å². The number of hydrogen-bond acceptors (Lipinski definition) is 6. The van der Waals surface area contributed by atoms with Crippen LogP contribution in [0.5, 0.6) is 0 Å². The molecule has 1 fully saturated rings. The lowest BCUT2D eigenvalue weighted by molar-refractivity contribution is -0.0490. The van der Waals surface area contributed by atoms with E-state index in [1.165, 1.54) is 0 Å². The molecular weight excluding hydrogens is 359 g/mol. The molecule has 0 aliphatic carbocycles. The highest BCUT2D eigenvalue weighted by Gasteiger charge is 2.44. The molecule has 6 N–H and O–H groups in total. The van der Waals surface area contributed by atoms with Crippen LogP contribution in [0.25, 0.3) is 21.9 Å². The molecule has 2 aromatic heterocycles. The van der Waals surface area contributed by atoms with Crippen molar-refractivity contribution in [2.45, 2.75) is 24.5 Å². The van der Waals surface area contributed by atoms with Crippen LogP contribution >= 0.6 is 23.2 Å². The zero-order chi connectivity index (χ0) is 17.2. The molecule has 1 aliphatic rings. The number of aromatic amines is 1. The first-order valence-corrected chi connectivity index (χ1v) is 7.94. The second-order valence-corrected chi connectivity index (χ2v) is 6.53. The third kappa shape index (κ3) is 2.05. The van der Waals surface area contributed by atoms with Crippen LogP contribution < -0.4 is 5.73 Å². The lowest BCUT2D eigenvalue weighted by Gasteiger charge is -2.18. The molecule has 0 bridgehead atoms. The van der Waals surface area contributed by atoms with Crippen molar-refractivity contribution in [1.82, 2.24) is 14.8 Å². The quantitative estimate of drug-likeness (QED) is 0.456. The van der Waals surface area contributed by atoms with Crippen molar-refractivity contribution in [1.29, 1.82) is 0 Å². The van der Waals surface area contributed by atoms with Crippen LogP contribution in [-0.2, 0) is 4.74 Å². The molecule has 128 valence electrons. The first-order chi connectivity index (χ1) is 11.4. The molecular formula is C14H14Cl2N4O4. The van der Waals surface area contributed by atoms with Gasteiger partial charge in [-0.05, 0) is 12.1 Å². The zero-order valence-electron chi connectivity index (χ0n) is 12.1. The van der Waals surface area contributed by atoms with Gasteiger partial charge in [0.05, 0.1) is 27.6 Å². The molecule has 3 heterocycles. The van der Waals surface area contributed by atoms with Crippen molar-refractivity contribution in [2.24, 2.45) is 0 Å². The number of halogens is 2. The van der Waals surface area contributed by atoms with E-state index >= 15 is 0 Å². The molecule has 4 atom stereocenters. The number of aromatic nitrogens is 3. The average molecular weight is 373 g/mol. The summed E-state index contributed by atoms with van der Waals surface area (Å²) < 4.78 is 7.20. The maximum absolute atomic E-state index is 10.3. The molecule has 0 unspecified atom stereocenters. The van der Waals surface area contributed by atoms with E-state index in [1.807, 2.05) is 0 Å². The van der Waals surface area contributed by atoms with E-state index in [2.05, 4.69) is 10.2 Å². The molecule has 1 saturated heterocycles. The van der Waals surface area contributed by atoms with Crippen molar-refractivity contribution < 1.29 is 20.1 Å². The van der Waals surface area contributed by atoms with E-state index in [0.717, 1.165) is 0 Å². The SMILES string of the molecule is Nc1[nH]nc2c1c1cc(Cl)c(Cl)cc1n2[C@@H]1O[C@H](CO)[C@@H](O)[C@H]1O. The number of ether oxygens (including phenoxy) is 1. The smallest absolute Gasteiger partial charge is 0.167 e. The molecule has 0 amide bonds. The van der Waals surface area contributed by atoms with Gasteiger partial charge in [0.1, 0.15) is 24.1 Å². The predicted octanol–water partition coefficient (Wildman–Crippen LogP) is 1.02. The third-order valence-corrected chi connectivity index (χ3v) is 5.06. The van der Waals surface area contributed by atoms with Gasteiger partial charge in [0.15, 0.2) is 11.9 Å². The molecule has 0 spiro atoms. The molecule has 1 aliphatic heterocycles. The van der Waals surface area contributed by atoms with Crippen molar-refractivity contribution in [3.63, 3.8) is 0 Å². The number of nitrogen functional groups attached to an aromatic ring is 1. The Balaban J connectivity index is 2.02. The molecule has 0 saturated carbocycles. The lowest BCUT2D eigenvalue weighted by atomic mass is 10.1. The summed E-state index contributed by atoms with van der Waals surface area (Å²) in [4.78, 5) is 0. The number of aliphatic hydroxyl groups is 3. The van der Waals surface area contributed by atoms with E-state index in [4.69, 9.17) is 33.7 Å². The van der Waals surface area contributed by atoms with Crippen molar-refractivity contribution in [3.05, 3.63) is 22.2 Å². The second kappa shape index (κ2) is 5.48. The fourth-order valence-corrected chi connectivity index (χ4v) is 3.51. The normalized spacial score (nSPS) is 27.5. The van der Waals surface area contributed by atoms with Gasteiger partial charge >= 0.3 is 0 Å². The predicted molar refractivity (Wildman–Crippen MR) is 89.0 cm³/mol. The standard InChI is InChI=1S/C14H14Cl2N4O4/c15-5-1-4-7(2-6(5)16)20(13-9(4)12(17)18-19-13)14-11(23)10(22)8(3-21)24-14/h1-2,8,10-11,14,21-23H,3H2,(H3,17,18,19)/t8-,10-,11-,14-/m1/s1. The Kier molecular flexibility index (Phi) is 3.64. The number of nitrogens with zero attached hydrogens (tertiary/aromatic N) is 2. The number of nitrogens with one attached hydrogen (secondary N) is 1. The Morgan fingerprint density at radius 2 is 1.96 bits per heavy atom. The van der Waals surface area contributed by atoms with Crippen LogP contribution in [0.2, 0.25) is 10.0 Å². The highest BCUT2D eigenvalue weighted by atomic mass is 35.5. The van der Waals surface area contributed by atoms with Crippen molar-refractivity contribution in [2.75, 3.05) is 12.3 Å². The molecule has 10 heteroatoms. The first kappa shape index (κ1) is 15.9. The van der Waals surface area contributed by atoms with Crippen LogP contribution in [0.15, 0.2) is 12.1 Å². The van der Waals surface area contributed by atoms with Gasteiger partial charge < -0.3 is 25.8 Å². The van der Waals surface area contributed by atoms with Crippen LogP contribution in [0.1, 0.15) is 6.23 Å². The number of rotatable bonds is 2. The average Bonchev–Trinajstić information content (AvgIpc) is 3.16. The second-order valence-electron chi connectivity index (χ2n) is 5.72. The number of anilines is 1. The molecule has 4 rings (SSSR count). The summed E-state index contributed by atoms with van der Waals surface area (Å²) in [6.45, 7) is -0.424. The highest BCUT2D eigenvalue weighted by molar-refractivity contribution is 6.43. The van der Waals surface area contributed by atoms with E-state index < -0.39 is 31.1 Å². The Morgan fingerprint density at radius 1 is 1.25 bits per heavy atom. The number of hydrogen-bond donors (Lipinski definition) is 5. The molecule has 1 aromatic carbocycles. The summed E-state index contributed by atoms with van der Waals surface area (Å²) >= 11 is 12.2. The molecule has 3 aromatic rings.